The van der Waals surface area contributed by atoms with Crippen molar-refractivity contribution in [3.05, 3.63) is 18.0 Å². The first-order chi connectivity index (χ1) is 6.78. The van der Waals surface area contributed by atoms with Crippen LogP contribution in [0.15, 0.2) is 12.4 Å². The van der Waals surface area contributed by atoms with E-state index in [-0.39, 0.29) is 12.1 Å². The Balaban J connectivity index is 1.85. The molecule has 0 amide bonds. The highest BCUT2D eigenvalue weighted by molar-refractivity contribution is 5.08. The zero-order chi connectivity index (χ0) is 10.0. The van der Waals surface area contributed by atoms with Gasteiger partial charge in [0.25, 0.3) is 0 Å². The van der Waals surface area contributed by atoms with E-state index < -0.39 is 0 Å². The summed E-state index contributed by atoms with van der Waals surface area (Å²) in [6, 6.07) is 0. The number of aliphatic hydroxyl groups excluding tert-OH is 1. The topological polar surface area (TPSA) is 50.1 Å². The lowest BCUT2D eigenvalue weighted by Gasteiger charge is -2.12. The van der Waals surface area contributed by atoms with Gasteiger partial charge in [0.2, 0.25) is 0 Å². The molecular formula is C10H17N3O. The van der Waals surface area contributed by atoms with Gasteiger partial charge in [-0.25, -0.2) is 0 Å². The molecule has 1 heterocycles. The van der Waals surface area contributed by atoms with Crippen LogP contribution in [0.25, 0.3) is 0 Å². The van der Waals surface area contributed by atoms with Gasteiger partial charge in [0.1, 0.15) is 0 Å². The average Bonchev–Trinajstić information content (AvgIpc) is 2.86. The molecule has 1 saturated carbocycles. The van der Waals surface area contributed by atoms with Crippen LogP contribution in [0.3, 0.4) is 0 Å². The summed E-state index contributed by atoms with van der Waals surface area (Å²) < 4.78 is 1.91. The Morgan fingerprint density at radius 3 is 2.93 bits per heavy atom. The van der Waals surface area contributed by atoms with Crippen LogP contribution in [0.5, 0.6) is 0 Å². The number of aromatic nitrogens is 2. The number of nitrogens with one attached hydrogen (secondary N) is 1. The van der Waals surface area contributed by atoms with Gasteiger partial charge in [0.05, 0.1) is 12.8 Å². The van der Waals surface area contributed by atoms with Crippen molar-refractivity contribution in [3.63, 3.8) is 0 Å². The molecular weight excluding hydrogens is 178 g/mol. The number of nitrogens with zero attached hydrogens (tertiary/aromatic N) is 2. The highest BCUT2D eigenvalue weighted by atomic mass is 16.3. The summed E-state index contributed by atoms with van der Waals surface area (Å²) in [6.45, 7) is 4.03. The van der Waals surface area contributed by atoms with E-state index in [2.05, 4.69) is 17.3 Å². The first kappa shape index (κ1) is 9.68. The van der Waals surface area contributed by atoms with Crippen molar-refractivity contribution in [2.75, 3.05) is 6.61 Å². The van der Waals surface area contributed by atoms with E-state index in [1.807, 2.05) is 17.1 Å². The Bertz CT molecular complexity index is 304. The molecule has 0 radical (unpaired) electrons. The molecule has 4 heteroatoms. The molecule has 1 aromatic heterocycles. The van der Waals surface area contributed by atoms with E-state index in [0.717, 1.165) is 25.9 Å². The fourth-order valence-electron chi connectivity index (χ4n) is 1.50. The van der Waals surface area contributed by atoms with E-state index in [9.17, 15) is 0 Å². The highest BCUT2D eigenvalue weighted by Crippen LogP contribution is 2.34. The monoisotopic (exact) mass is 195 g/mol. The summed E-state index contributed by atoms with van der Waals surface area (Å²) in [5.41, 5.74) is 1.21. The molecule has 2 rings (SSSR count). The summed E-state index contributed by atoms with van der Waals surface area (Å²) in [5, 5.41) is 16.7. The molecule has 2 N–H and O–H groups in total. The molecule has 0 aliphatic heterocycles. The predicted octanol–water partition coefficient (Wildman–Crippen LogP) is 0.517. The van der Waals surface area contributed by atoms with Gasteiger partial charge in [-0.05, 0) is 19.8 Å². The van der Waals surface area contributed by atoms with Gasteiger partial charge in [-0.15, -0.1) is 0 Å². The Morgan fingerprint density at radius 2 is 2.43 bits per heavy atom. The smallest absolute Gasteiger partial charge is 0.0613 e. The molecule has 0 spiro atoms. The maximum absolute atomic E-state index is 9.10. The molecule has 1 aliphatic rings. The van der Waals surface area contributed by atoms with E-state index in [0.29, 0.717) is 0 Å². The highest BCUT2D eigenvalue weighted by Gasteiger charge is 2.41. The van der Waals surface area contributed by atoms with Gasteiger partial charge < -0.3 is 10.4 Å². The van der Waals surface area contributed by atoms with Gasteiger partial charge in [-0.1, -0.05) is 0 Å². The molecule has 0 unspecified atom stereocenters. The lowest BCUT2D eigenvalue weighted by Crippen LogP contribution is -2.33. The van der Waals surface area contributed by atoms with Crippen LogP contribution in [-0.2, 0) is 13.1 Å². The van der Waals surface area contributed by atoms with Crippen molar-refractivity contribution in [2.24, 2.45) is 0 Å². The molecule has 0 aromatic carbocycles. The van der Waals surface area contributed by atoms with Crippen LogP contribution in [0, 0.1) is 0 Å². The van der Waals surface area contributed by atoms with Gasteiger partial charge in [0.15, 0.2) is 0 Å². The fraction of sp³-hybridized carbons (Fsp3) is 0.700. The summed E-state index contributed by atoms with van der Waals surface area (Å²) in [7, 11) is 0. The normalized spacial score (nSPS) is 18.4. The number of aliphatic hydroxyl groups is 1. The Hall–Kier alpha value is -0.870. The van der Waals surface area contributed by atoms with Crippen molar-refractivity contribution < 1.29 is 5.11 Å². The number of aryl methyl sites for hydroxylation is 1. The van der Waals surface area contributed by atoms with Crippen LogP contribution < -0.4 is 5.32 Å². The summed E-state index contributed by atoms with van der Waals surface area (Å²) in [4.78, 5) is 0. The maximum Gasteiger partial charge on any atom is 0.0613 e. The molecule has 1 fully saturated rings. The van der Waals surface area contributed by atoms with Crippen molar-refractivity contribution in [1.29, 1.82) is 0 Å². The van der Waals surface area contributed by atoms with E-state index in [1.54, 1.807) is 0 Å². The SMILES string of the molecule is CCn1cc(CNC2(CO)CC2)cn1. The fourth-order valence-corrected chi connectivity index (χ4v) is 1.50. The van der Waals surface area contributed by atoms with Crippen LogP contribution in [0.1, 0.15) is 25.3 Å². The summed E-state index contributed by atoms with van der Waals surface area (Å²) in [5.74, 6) is 0. The molecule has 0 bridgehead atoms. The van der Waals surface area contributed by atoms with E-state index in [1.165, 1.54) is 5.56 Å². The van der Waals surface area contributed by atoms with Gasteiger partial charge in [-0.2, -0.15) is 5.10 Å². The van der Waals surface area contributed by atoms with Crippen molar-refractivity contribution in [1.82, 2.24) is 15.1 Å². The Kier molecular flexibility index (Phi) is 2.56. The summed E-state index contributed by atoms with van der Waals surface area (Å²) in [6.07, 6.45) is 6.10. The molecule has 4 nitrogen and oxygen atoms in total. The second-order valence-electron chi connectivity index (χ2n) is 4.00. The van der Waals surface area contributed by atoms with Crippen molar-refractivity contribution in [2.45, 2.75) is 38.4 Å². The van der Waals surface area contributed by atoms with Gasteiger partial charge in [-0.3, -0.25) is 4.68 Å². The first-order valence-electron chi connectivity index (χ1n) is 5.15. The number of hydrogen-bond donors (Lipinski definition) is 2. The second kappa shape index (κ2) is 3.71. The Labute approximate surface area is 83.9 Å². The third-order valence-electron chi connectivity index (χ3n) is 2.83. The standard InChI is InChI=1S/C10H17N3O/c1-2-13-7-9(6-12-13)5-11-10(8-14)3-4-10/h6-7,11,14H,2-5,8H2,1H3. The van der Waals surface area contributed by atoms with Crippen LogP contribution in [0.4, 0.5) is 0 Å². The minimum absolute atomic E-state index is 0.0221. The lowest BCUT2D eigenvalue weighted by molar-refractivity contribution is 0.229. The molecule has 78 valence electrons. The first-order valence-corrected chi connectivity index (χ1v) is 5.15. The molecule has 0 saturated heterocycles. The molecule has 14 heavy (non-hydrogen) atoms. The Morgan fingerprint density at radius 1 is 1.64 bits per heavy atom. The third kappa shape index (κ3) is 1.96. The third-order valence-corrected chi connectivity index (χ3v) is 2.83. The van der Waals surface area contributed by atoms with E-state index in [4.69, 9.17) is 5.11 Å². The number of rotatable bonds is 5. The molecule has 0 atom stereocenters. The van der Waals surface area contributed by atoms with Crippen molar-refractivity contribution in [3.8, 4) is 0 Å². The predicted molar refractivity (Wildman–Crippen MR) is 53.8 cm³/mol. The lowest BCUT2D eigenvalue weighted by atomic mass is 10.2. The summed E-state index contributed by atoms with van der Waals surface area (Å²) >= 11 is 0. The average molecular weight is 195 g/mol. The van der Waals surface area contributed by atoms with E-state index >= 15 is 0 Å². The second-order valence-corrected chi connectivity index (χ2v) is 4.00. The largest absolute Gasteiger partial charge is 0.394 e. The molecule has 1 aromatic rings. The van der Waals surface area contributed by atoms with Crippen molar-refractivity contribution >= 4 is 0 Å². The minimum Gasteiger partial charge on any atom is -0.394 e. The zero-order valence-corrected chi connectivity index (χ0v) is 8.53. The number of hydrogen-bond acceptors (Lipinski definition) is 3. The van der Waals surface area contributed by atoms with Crippen LogP contribution in [0.2, 0.25) is 0 Å². The van der Waals surface area contributed by atoms with Crippen LogP contribution in [-0.4, -0.2) is 27.0 Å². The van der Waals surface area contributed by atoms with Gasteiger partial charge >= 0.3 is 0 Å². The zero-order valence-electron chi connectivity index (χ0n) is 8.53. The minimum atomic E-state index is 0.0221. The van der Waals surface area contributed by atoms with Gasteiger partial charge in [0, 0.05) is 30.4 Å². The quantitative estimate of drug-likeness (QED) is 0.720. The van der Waals surface area contributed by atoms with Crippen LogP contribution >= 0.6 is 0 Å². The maximum atomic E-state index is 9.10. The molecule has 1 aliphatic carbocycles.